The predicted octanol–water partition coefficient (Wildman–Crippen LogP) is 2.13. The number of nitrogens with two attached hydrogens (primary N) is 1. The van der Waals surface area contributed by atoms with Gasteiger partial charge in [0.1, 0.15) is 5.82 Å². The Morgan fingerprint density at radius 3 is 2.79 bits per heavy atom. The Morgan fingerprint density at radius 1 is 1.43 bits per heavy atom. The van der Waals surface area contributed by atoms with Crippen LogP contribution in [0.4, 0.5) is 5.82 Å². The molecule has 2 N–H and O–H groups in total. The number of anilines is 1. The van der Waals surface area contributed by atoms with Crippen molar-refractivity contribution in [2.24, 2.45) is 11.8 Å². The van der Waals surface area contributed by atoms with Gasteiger partial charge in [0, 0.05) is 11.8 Å². The van der Waals surface area contributed by atoms with Gasteiger partial charge in [0.15, 0.2) is 0 Å². The third kappa shape index (κ3) is 1.08. The van der Waals surface area contributed by atoms with Crippen LogP contribution in [0.5, 0.6) is 0 Å². The molecule has 0 radical (unpaired) electrons. The van der Waals surface area contributed by atoms with Gasteiger partial charge in [-0.2, -0.15) is 5.10 Å². The summed E-state index contributed by atoms with van der Waals surface area (Å²) in [7, 11) is 0. The molecule has 1 aromatic rings. The Hall–Kier alpha value is -0.990. The van der Waals surface area contributed by atoms with Crippen molar-refractivity contribution in [3.05, 3.63) is 11.8 Å². The molecule has 1 aromatic heterocycles. The molecule has 2 saturated carbocycles. The zero-order valence-electron chi connectivity index (χ0n) is 8.61. The van der Waals surface area contributed by atoms with Gasteiger partial charge in [-0.3, -0.25) is 4.68 Å². The molecule has 0 amide bonds. The van der Waals surface area contributed by atoms with E-state index < -0.39 is 0 Å². The zero-order valence-corrected chi connectivity index (χ0v) is 8.61. The summed E-state index contributed by atoms with van der Waals surface area (Å²) in [5.41, 5.74) is 6.94. The Labute approximate surface area is 84.3 Å². The molecular formula is C11H17N3. The predicted molar refractivity (Wildman–Crippen MR) is 55.9 cm³/mol. The maximum absolute atomic E-state index is 5.71. The molecule has 3 heteroatoms. The Balaban J connectivity index is 1.92. The smallest absolute Gasteiger partial charge is 0.145 e. The highest BCUT2D eigenvalue weighted by Crippen LogP contribution is 2.50. The fourth-order valence-electron chi connectivity index (χ4n) is 3.36. The molecule has 2 fully saturated rings. The molecule has 3 rings (SSSR count). The average Bonchev–Trinajstić information content (AvgIpc) is 2.79. The Morgan fingerprint density at radius 2 is 2.29 bits per heavy atom. The number of rotatable bonds is 1. The van der Waals surface area contributed by atoms with Crippen LogP contribution < -0.4 is 5.73 Å². The summed E-state index contributed by atoms with van der Waals surface area (Å²) in [4.78, 5) is 0. The SMILES string of the molecule is Cc1cc(N)nn1C1CC2CCC1C2. The first-order chi connectivity index (χ1) is 6.74. The van der Waals surface area contributed by atoms with Crippen LogP contribution >= 0.6 is 0 Å². The number of aryl methyl sites for hydroxylation is 1. The van der Waals surface area contributed by atoms with Gasteiger partial charge < -0.3 is 5.73 Å². The summed E-state index contributed by atoms with van der Waals surface area (Å²) in [5.74, 6) is 2.51. The quantitative estimate of drug-likeness (QED) is 0.739. The number of hydrogen-bond donors (Lipinski definition) is 1. The molecule has 0 aliphatic heterocycles. The number of aromatic nitrogens is 2. The van der Waals surface area contributed by atoms with Crippen LogP contribution in [-0.2, 0) is 0 Å². The maximum Gasteiger partial charge on any atom is 0.145 e. The van der Waals surface area contributed by atoms with Crippen molar-refractivity contribution in [1.29, 1.82) is 0 Å². The lowest BCUT2D eigenvalue weighted by Gasteiger charge is -2.23. The molecule has 3 unspecified atom stereocenters. The Bertz CT molecular complexity index is 355. The van der Waals surface area contributed by atoms with E-state index in [1.807, 2.05) is 6.07 Å². The van der Waals surface area contributed by atoms with Crippen molar-refractivity contribution in [3.8, 4) is 0 Å². The molecule has 3 nitrogen and oxygen atoms in total. The highest BCUT2D eigenvalue weighted by atomic mass is 15.3. The van der Waals surface area contributed by atoms with Crippen molar-refractivity contribution in [2.75, 3.05) is 5.73 Å². The number of nitrogens with zero attached hydrogens (tertiary/aromatic N) is 2. The van der Waals surface area contributed by atoms with Gasteiger partial charge in [-0.15, -0.1) is 0 Å². The van der Waals surface area contributed by atoms with Crippen molar-refractivity contribution in [2.45, 2.75) is 38.6 Å². The number of nitrogen functional groups attached to an aromatic ring is 1. The maximum atomic E-state index is 5.71. The van der Waals surface area contributed by atoms with Crippen LogP contribution in [0, 0.1) is 18.8 Å². The van der Waals surface area contributed by atoms with Gasteiger partial charge in [-0.25, -0.2) is 0 Å². The summed E-state index contributed by atoms with van der Waals surface area (Å²) in [6.45, 7) is 2.11. The van der Waals surface area contributed by atoms with E-state index in [9.17, 15) is 0 Å². The van der Waals surface area contributed by atoms with E-state index in [4.69, 9.17) is 5.73 Å². The minimum Gasteiger partial charge on any atom is -0.382 e. The minimum absolute atomic E-state index is 0.644. The fourth-order valence-corrected chi connectivity index (χ4v) is 3.36. The largest absolute Gasteiger partial charge is 0.382 e. The monoisotopic (exact) mass is 191 g/mol. The van der Waals surface area contributed by atoms with Gasteiger partial charge in [-0.05, 0) is 38.0 Å². The van der Waals surface area contributed by atoms with Crippen LogP contribution in [0.3, 0.4) is 0 Å². The van der Waals surface area contributed by atoms with Crippen molar-refractivity contribution in [1.82, 2.24) is 9.78 Å². The van der Waals surface area contributed by atoms with Crippen LogP contribution in [0.25, 0.3) is 0 Å². The molecule has 0 spiro atoms. The first-order valence-electron chi connectivity index (χ1n) is 5.55. The number of fused-ring (bicyclic) bond motifs is 2. The van der Waals surface area contributed by atoms with E-state index in [2.05, 4.69) is 16.7 Å². The number of hydrogen-bond acceptors (Lipinski definition) is 2. The molecule has 2 bridgehead atoms. The molecule has 2 aliphatic rings. The van der Waals surface area contributed by atoms with Gasteiger partial charge in [0.25, 0.3) is 0 Å². The van der Waals surface area contributed by atoms with E-state index in [1.165, 1.54) is 31.4 Å². The molecule has 1 heterocycles. The summed E-state index contributed by atoms with van der Waals surface area (Å²) in [5, 5.41) is 4.41. The second-order valence-corrected chi connectivity index (χ2v) is 4.90. The molecule has 0 saturated heterocycles. The van der Waals surface area contributed by atoms with Crippen LogP contribution in [0.1, 0.15) is 37.4 Å². The van der Waals surface area contributed by atoms with Gasteiger partial charge >= 0.3 is 0 Å². The van der Waals surface area contributed by atoms with E-state index in [0.717, 1.165) is 11.8 Å². The summed E-state index contributed by atoms with van der Waals surface area (Å²) < 4.78 is 2.17. The molecular weight excluding hydrogens is 174 g/mol. The fraction of sp³-hybridized carbons (Fsp3) is 0.727. The van der Waals surface area contributed by atoms with Gasteiger partial charge in [0.05, 0.1) is 6.04 Å². The van der Waals surface area contributed by atoms with Gasteiger partial charge in [0.2, 0.25) is 0 Å². The second-order valence-electron chi connectivity index (χ2n) is 4.90. The minimum atomic E-state index is 0.644. The highest BCUT2D eigenvalue weighted by Gasteiger charge is 2.41. The van der Waals surface area contributed by atoms with Crippen molar-refractivity contribution in [3.63, 3.8) is 0 Å². The highest BCUT2D eigenvalue weighted by molar-refractivity contribution is 5.29. The molecule has 14 heavy (non-hydrogen) atoms. The molecule has 76 valence electrons. The third-order valence-electron chi connectivity index (χ3n) is 3.96. The van der Waals surface area contributed by atoms with E-state index in [0.29, 0.717) is 11.9 Å². The van der Waals surface area contributed by atoms with Crippen LogP contribution in [-0.4, -0.2) is 9.78 Å². The van der Waals surface area contributed by atoms with Crippen LogP contribution in [0.15, 0.2) is 6.07 Å². The molecule has 0 aromatic carbocycles. The zero-order chi connectivity index (χ0) is 9.71. The molecule has 2 aliphatic carbocycles. The van der Waals surface area contributed by atoms with E-state index in [1.54, 1.807) is 0 Å². The average molecular weight is 191 g/mol. The standard InChI is InChI=1S/C11H17N3/c1-7-4-11(12)13-14(7)10-6-8-2-3-9(10)5-8/h4,8-10H,2-3,5-6H2,1H3,(H2,12,13). The topological polar surface area (TPSA) is 43.8 Å². The van der Waals surface area contributed by atoms with Gasteiger partial charge in [-0.1, -0.05) is 6.42 Å². The van der Waals surface area contributed by atoms with Crippen molar-refractivity contribution < 1.29 is 0 Å². The van der Waals surface area contributed by atoms with E-state index in [-0.39, 0.29) is 0 Å². The molecule has 3 atom stereocenters. The summed E-state index contributed by atoms with van der Waals surface area (Å²) >= 11 is 0. The second kappa shape index (κ2) is 2.75. The summed E-state index contributed by atoms with van der Waals surface area (Å²) in [6.07, 6.45) is 5.59. The summed E-state index contributed by atoms with van der Waals surface area (Å²) in [6, 6.07) is 2.62. The first kappa shape index (κ1) is 8.33. The van der Waals surface area contributed by atoms with E-state index >= 15 is 0 Å². The first-order valence-corrected chi connectivity index (χ1v) is 5.55. The normalized spacial score (nSPS) is 35.4. The van der Waals surface area contributed by atoms with Crippen molar-refractivity contribution >= 4 is 5.82 Å². The Kier molecular flexibility index (Phi) is 1.64. The lowest BCUT2D eigenvalue weighted by molar-refractivity contribution is 0.303. The lowest BCUT2D eigenvalue weighted by Crippen LogP contribution is -2.18. The lowest BCUT2D eigenvalue weighted by atomic mass is 9.95. The third-order valence-corrected chi connectivity index (χ3v) is 3.96. The van der Waals surface area contributed by atoms with Crippen LogP contribution in [0.2, 0.25) is 0 Å².